The number of benzene rings is 1. The number of halogens is 1. The van der Waals surface area contributed by atoms with Crippen molar-refractivity contribution >= 4 is 17.5 Å². The fourth-order valence-corrected chi connectivity index (χ4v) is 3.43. The quantitative estimate of drug-likeness (QED) is 0.468. The summed E-state index contributed by atoms with van der Waals surface area (Å²) in [4.78, 5) is 32.8. The highest BCUT2D eigenvalue weighted by molar-refractivity contribution is 5.93. The summed E-state index contributed by atoms with van der Waals surface area (Å²) in [7, 11) is 0. The number of amides is 1. The number of Topliss-reactive ketones (excluding diaryl/α,β-unsaturated/α-hetero) is 1. The molecule has 0 atom stereocenters. The number of pyridine rings is 1. The van der Waals surface area contributed by atoms with Gasteiger partial charge in [-0.1, -0.05) is 37.2 Å². The maximum atomic E-state index is 13.1. The van der Waals surface area contributed by atoms with Gasteiger partial charge in [0.1, 0.15) is 12.5 Å². The molecule has 1 saturated carbocycles. The summed E-state index contributed by atoms with van der Waals surface area (Å²) >= 11 is 0. The number of rotatable bonds is 9. The van der Waals surface area contributed by atoms with E-state index in [2.05, 4.69) is 26.5 Å². The number of aryl methyl sites for hydroxylation is 2. The van der Waals surface area contributed by atoms with Gasteiger partial charge < -0.3 is 9.84 Å². The molecule has 0 aliphatic heterocycles. The first-order valence-electron chi connectivity index (χ1n) is 11.1. The van der Waals surface area contributed by atoms with Crippen molar-refractivity contribution in [3.8, 4) is 11.1 Å². The van der Waals surface area contributed by atoms with Gasteiger partial charge in [-0.3, -0.25) is 14.0 Å². The first kappa shape index (κ1) is 22.8. The second-order valence-electron chi connectivity index (χ2n) is 9.20. The van der Waals surface area contributed by atoms with Gasteiger partial charge in [-0.15, -0.1) is 0 Å². The average molecular weight is 451 g/mol. The molecular weight excluding hydrogens is 423 g/mol. The third-order valence-electron chi connectivity index (χ3n) is 5.86. The summed E-state index contributed by atoms with van der Waals surface area (Å²) in [5.74, 6) is 0.534. The molecule has 1 aliphatic rings. The van der Waals surface area contributed by atoms with E-state index in [4.69, 9.17) is 4.52 Å². The molecule has 4 rings (SSSR count). The lowest BCUT2D eigenvalue weighted by molar-refractivity contribution is -0.117. The molecule has 7 nitrogen and oxygen atoms in total. The standard InChI is InChI=1S/C25H27FN4O3/c1-15-12-18(19-10-11-27-21(13-19)28-22(32)17-5-6-17)7-4-16(15)8-9-20(31)23-29-24(30-33-23)25(2,3)14-26/h4,7,10-13,17H,5-6,8-9,14H2,1-3H3,(H,27,28,32). The number of hydrogen-bond donors (Lipinski definition) is 1. The SMILES string of the molecule is Cc1cc(-c2ccnc(NC(=O)C3CC3)c2)ccc1CCC(=O)c1nc(C(C)(C)CF)no1. The van der Waals surface area contributed by atoms with E-state index in [1.54, 1.807) is 20.0 Å². The number of nitrogens with one attached hydrogen (secondary N) is 1. The Hall–Kier alpha value is -3.42. The zero-order chi connectivity index (χ0) is 23.6. The van der Waals surface area contributed by atoms with Crippen molar-refractivity contribution in [2.24, 2.45) is 5.92 Å². The molecule has 0 radical (unpaired) electrons. The molecule has 33 heavy (non-hydrogen) atoms. The van der Waals surface area contributed by atoms with E-state index in [9.17, 15) is 14.0 Å². The van der Waals surface area contributed by atoms with Crippen LogP contribution in [-0.4, -0.2) is 33.5 Å². The van der Waals surface area contributed by atoms with Gasteiger partial charge in [-0.2, -0.15) is 4.98 Å². The van der Waals surface area contributed by atoms with E-state index in [0.29, 0.717) is 12.2 Å². The van der Waals surface area contributed by atoms with Crippen molar-refractivity contribution in [3.05, 3.63) is 59.4 Å². The highest BCUT2D eigenvalue weighted by atomic mass is 19.1. The van der Waals surface area contributed by atoms with E-state index < -0.39 is 12.1 Å². The lowest BCUT2D eigenvalue weighted by Crippen LogP contribution is -2.21. The van der Waals surface area contributed by atoms with Crippen LogP contribution in [-0.2, 0) is 16.6 Å². The first-order chi connectivity index (χ1) is 15.8. The molecule has 2 heterocycles. The lowest BCUT2D eigenvalue weighted by Gasteiger charge is -2.13. The molecule has 0 spiro atoms. The summed E-state index contributed by atoms with van der Waals surface area (Å²) in [6, 6.07) is 9.80. The molecule has 1 aliphatic carbocycles. The molecule has 0 bridgehead atoms. The van der Waals surface area contributed by atoms with E-state index >= 15 is 0 Å². The Kier molecular flexibility index (Phi) is 6.35. The van der Waals surface area contributed by atoms with Crippen molar-refractivity contribution in [2.45, 2.75) is 51.9 Å². The number of anilines is 1. The van der Waals surface area contributed by atoms with Crippen molar-refractivity contribution in [1.29, 1.82) is 0 Å². The highest BCUT2D eigenvalue weighted by Gasteiger charge is 2.30. The first-order valence-corrected chi connectivity index (χ1v) is 11.1. The van der Waals surface area contributed by atoms with Gasteiger partial charge in [0.25, 0.3) is 5.89 Å². The Morgan fingerprint density at radius 3 is 2.64 bits per heavy atom. The third-order valence-corrected chi connectivity index (χ3v) is 5.86. The largest absolute Gasteiger partial charge is 0.331 e. The van der Waals surface area contributed by atoms with Crippen molar-refractivity contribution in [2.75, 3.05) is 12.0 Å². The summed E-state index contributed by atoms with van der Waals surface area (Å²) < 4.78 is 18.2. The molecule has 1 N–H and O–H groups in total. The molecule has 0 saturated heterocycles. The van der Waals surface area contributed by atoms with E-state index in [1.807, 2.05) is 31.2 Å². The lowest BCUT2D eigenvalue weighted by atomic mass is 9.95. The normalized spacial score (nSPS) is 13.7. The van der Waals surface area contributed by atoms with Crippen LogP contribution in [0.3, 0.4) is 0 Å². The zero-order valence-corrected chi connectivity index (χ0v) is 19.0. The Bertz CT molecular complexity index is 1180. The Labute approximate surface area is 191 Å². The van der Waals surface area contributed by atoms with Crippen molar-refractivity contribution in [1.82, 2.24) is 15.1 Å². The van der Waals surface area contributed by atoms with Gasteiger partial charge in [0, 0.05) is 18.5 Å². The molecule has 8 heteroatoms. The maximum Gasteiger partial charge on any atom is 0.294 e. The van der Waals surface area contributed by atoms with Crippen LogP contribution < -0.4 is 5.32 Å². The number of aromatic nitrogens is 3. The molecule has 172 valence electrons. The number of hydrogen-bond acceptors (Lipinski definition) is 6. The van der Waals surface area contributed by atoms with Gasteiger partial charge in [0.05, 0.1) is 5.41 Å². The van der Waals surface area contributed by atoms with Crippen LogP contribution in [0.25, 0.3) is 11.1 Å². The topological polar surface area (TPSA) is 98.0 Å². The van der Waals surface area contributed by atoms with Crippen LogP contribution in [0.4, 0.5) is 10.2 Å². The zero-order valence-electron chi connectivity index (χ0n) is 19.0. The molecule has 1 amide bonds. The second kappa shape index (κ2) is 9.21. The smallest absolute Gasteiger partial charge is 0.294 e. The van der Waals surface area contributed by atoms with Crippen LogP contribution in [0.15, 0.2) is 41.1 Å². The minimum absolute atomic E-state index is 0.0254. The number of carbonyl (C=O) groups is 2. The van der Waals surface area contributed by atoms with E-state index in [1.165, 1.54) is 0 Å². The number of ketones is 1. The van der Waals surface area contributed by atoms with Gasteiger partial charge in [-0.05, 0) is 60.6 Å². The van der Waals surface area contributed by atoms with Gasteiger partial charge in [0.2, 0.25) is 11.7 Å². The van der Waals surface area contributed by atoms with Crippen LogP contribution in [0.5, 0.6) is 0 Å². The number of alkyl halides is 1. The number of nitrogens with zero attached hydrogens (tertiary/aromatic N) is 3. The molecule has 0 unspecified atom stereocenters. The minimum atomic E-state index is -0.887. The number of carbonyl (C=O) groups excluding carboxylic acids is 2. The van der Waals surface area contributed by atoms with Crippen molar-refractivity contribution in [3.63, 3.8) is 0 Å². The van der Waals surface area contributed by atoms with E-state index in [0.717, 1.165) is 35.1 Å². The summed E-state index contributed by atoms with van der Waals surface area (Å²) in [5.41, 5.74) is 3.15. The molecule has 2 aromatic heterocycles. The predicted octanol–water partition coefficient (Wildman–Crippen LogP) is 4.85. The van der Waals surface area contributed by atoms with Crippen LogP contribution in [0, 0.1) is 12.8 Å². The van der Waals surface area contributed by atoms with E-state index in [-0.39, 0.29) is 35.7 Å². The summed E-state index contributed by atoms with van der Waals surface area (Å²) in [6.07, 6.45) is 4.30. The minimum Gasteiger partial charge on any atom is -0.331 e. The monoisotopic (exact) mass is 450 g/mol. The summed E-state index contributed by atoms with van der Waals surface area (Å²) in [6.45, 7) is 4.67. The summed E-state index contributed by atoms with van der Waals surface area (Å²) in [5, 5.41) is 6.63. The molecule has 1 fully saturated rings. The Balaban J connectivity index is 1.41. The fourth-order valence-electron chi connectivity index (χ4n) is 3.43. The van der Waals surface area contributed by atoms with Crippen LogP contribution in [0.1, 0.15) is 60.7 Å². The van der Waals surface area contributed by atoms with Crippen LogP contribution >= 0.6 is 0 Å². The highest BCUT2D eigenvalue weighted by Crippen LogP contribution is 2.31. The molecular formula is C25H27FN4O3. The van der Waals surface area contributed by atoms with Crippen LogP contribution in [0.2, 0.25) is 0 Å². The average Bonchev–Trinajstić information content (AvgIpc) is 3.54. The predicted molar refractivity (Wildman–Crippen MR) is 122 cm³/mol. The Morgan fingerprint density at radius 2 is 1.94 bits per heavy atom. The van der Waals surface area contributed by atoms with Gasteiger partial charge in [-0.25, -0.2) is 4.98 Å². The third kappa shape index (κ3) is 5.32. The Morgan fingerprint density at radius 1 is 1.18 bits per heavy atom. The van der Waals surface area contributed by atoms with Gasteiger partial charge in [0.15, 0.2) is 5.82 Å². The molecule has 1 aromatic carbocycles. The maximum absolute atomic E-state index is 13.1. The molecule has 3 aromatic rings. The second-order valence-corrected chi connectivity index (χ2v) is 9.20. The van der Waals surface area contributed by atoms with Gasteiger partial charge >= 0.3 is 0 Å². The van der Waals surface area contributed by atoms with Crippen molar-refractivity contribution < 1.29 is 18.5 Å². The fraction of sp³-hybridized carbons (Fsp3) is 0.400.